The maximum atomic E-state index is 12.5. The Balaban J connectivity index is 1.93. The van der Waals surface area contributed by atoms with Crippen molar-refractivity contribution < 1.29 is 13.2 Å². The highest BCUT2D eigenvalue weighted by molar-refractivity contribution is 7.89. The van der Waals surface area contributed by atoms with Gasteiger partial charge in [0.25, 0.3) is 0 Å². The van der Waals surface area contributed by atoms with Gasteiger partial charge in [-0.2, -0.15) is 4.72 Å². The summed E-state index contributed by atoms with van der Waals surface area (Å²) in [7, 11) is -3.98. The van der Waals surface area contributed by atoms with Crippen molar-refractivity contribution in [2.45, 2.75) is 43.7 Å². The fraction of sp³-hybridized carbons (Fsp3) is 0.316. The van der Waals surface area contributed by atoms with Crippen molar-refractivity contribution >= 4 is 39.1 Å². The van der Waals surface area contributed by atoms with Gasteiger partial charge in [-0.1, -0.05) is 53.5 Å². The number of nitrogens with one attached hydrogen (secondary N) is 2. The summed E-state index contributed by atoms with van der Waals surface area (Å²) in [6, 6.07) is 13.0. The molecule has 2 rings (SSSR count). The standard InChI is InChI=1S/C19H22Cl2N2O3S/c1-13(8-9-15-6-4-3-5-7-15)22-19(24)14(2)23-27(25,26)18-12-16(20)10-11-17(18)21/h3-7,10-14,23H,8-9H2,1-2H3,(H,22,24)/t13-,14+/m0/s1. The van der Waals surface area contributed by atoms with E-state index in [4.69, 9.17) is 23.2 Å². The highest BCUT2D eigenvalue weighted by Gasteiger charge is 2.25. The minimum Gasteiger partial charge on any atom is -0.352 e. The lowest BCUT2D eigenvalue weighted by Crippen LogP contribution is -2.47. The van der Waals surface area contributed by atoms with Crippen molar-refractivity contribution in [2.24, 2.45) is 0 Å². The molecule has 0 unspecified atom stereocenters. The predicted octanol–water partition coefficient (Wildman–Crippen LogP) is 3.80. The molecule has 0 bridgehead atoms. The molecule has 0 aliphatic carbocycles. The van der Waals surface area contributed by atoms with Gasteiger partial charge in [-0.15, -0.1) is 0 Å². The highest BCUT2D eigenvalue weighted by atomic mass is 35.5. The van der Waals surface area contributed by atoms with Crippen molar-refractivity contribution in [3.8, 4) is 0 Å². The second kappa shape index (κ2) is 9.55. The van der Waals surface area contributed by atoms with Crippen molar-refractivity contribution in [3.05, 3.63) is 64.1 Å². The molecule has 2 N–H and O–H groups in total. The van der Waals surface area contributed by atoms with E-state index in [-0.39, 0.29) is 21.0 Å². The Morgan fingerprint density at radius 1 is 1.07 bits per heavy atom. The molecular formula is C19H22Cl2N2O3S. The monoisotopic (exact) mass is 428 g/mol. The third kappa shape index (κ3) is 6.50. The van der Waals surface area contributed by atoms with E-state index >= 15 is 0 Å². The summed E-state index contributed by atoms with van der Waals surface area (Å²) in [5.41, 5.74) is 1.18. The van der Waals surface area contributed by atoms with Gasteiger partial charge in [0, 0.05) is 11.1 Å². The highest BCUT2D eigenvalue weighted by Crippen LogP contribution is 2.25. The summed E-state index contributed by atoms with van der Waals surface area (Å²) in [5.74, 6) is -0.405. The van der Waals surface area contributed by atoms with E-state index in [2.05, 4.69) is 10.0 Å². The van der Waals surface area contributed by atoms with E-state index in [1.54, 1.807) is 0 Å². The topological polar surface area (TPSA) is 75.3 Å². The maximum absolute atomic E-state index is 12.5. The first-order valence-corrected chi connectivity index (χ1v) is 10.7. The van der Waals surface area contributed by atoms with Crippen LogP contribution in [0.1, 0.15) is 25.8 Å². The number of halogens is 2. The van der Waals surface area contributed by atoms with Gasteiger partial charge in [-0.05, 0) is 50.5 Å². The number of rotatable bonds is 8. The van der Waals surface area contributed by atoms with Gasteiger partial charge in [-0.25, -0.2) is 8.42 Å². The van der Waals surface area contributed by atoms with Gasteiger partial charge in [0.2, 0.25) is 15.9 Å². The van der Waals surface area contributed by atoms with Crippen LogP contribution in [0.5, 0.6) is 0 Å². The van der Waals surface area contributed by atoms with Crippen LogP contribution in [0.4, 0.5) is 0 Å². The second-order valence-electron chi connectivity index (χ2n) is 6.35. The van der Waals surface area contributed by atoms with Gasteiger partial charge in [0.1, 0.15) is 4.90 Å². The molecule has 2 aromatic carbocycles. The first-order valence-electron chi connectivity index (χ1n) is 8.50. The quantitative estimate of drug-likeness (QED) is 0.671. The molecular weight excluding hydrogens is 407 g/mol. The fourth-order valence-electron chi connectivity index (χ4n) is 2.50. The molecule has 1 amide bonds. The van der Waals surface area contributed by atoms with Crippen LogP contribution in [-0.2, 0) is 21.2 Å². The molecule has 0 spiro atoms. The molecule has 2 atom stereocenters. The van der Waals surface area contributed by atoms with Crippen LogP contribution in [0.3, 0.4) is 0 Å². The van der Waals surface area contributed by atoms with Crippen LogP contribution in [0.2, 0.25) is 10.0 Å². The molecule has 8 heteroatoms. The Kier molecular flexibility index (Phi) is 7.68. The minimum atomic E-state index is -3.98. The molecule has 0 radical (unpaired) electrons. The summed E-state index contributed by atoms with van der Waals surface area (Å²) in [4.78, 5) is 12.2. The van der Waals surface area contributed by atoms with Gasteiger partial charge < -0.3 is 5.32 Å². The summed E-state index contributed by atoms with van der Waals surface area (Å²) in [6.45, 7) is 3.37. The Hall–Kier alpha value is -1.60. The van der Waals surface area contributed by atoms with E-state index in [1.807, 2.05) is 37.3 Å². The summed E-state index contributed by atoms with van der Waals surface area (Å²) in [6.07, 6.45) is 1.57. The summed E-state index contributed by atoms with van der Waals surface area (Å²) < 4.78 is 27.3. The number of amides is 1. The van der Waals surface area contributed by atoms with Gasteiger partial charge in [0.15, 0.2) is 0 Å². The number of carbonyl (C=O) groups excluding carboxylic acids is 1. The Labute approximate surface area is 170 Å². The van der Waals surface area contributed by atoms with Crippen LogP contribution in [0, 0.1) is 0 Å². The van der Waals surface area contributed by atoms with E-state index in [1.165, 1.54) is 30.7 Å². The fourth-order valence-corrected chi connectivity index (χ4v) is 4.47. The van der Waals surface area contributed by atoms with Gasteiger partial charge >= 0.3 is 0 Å². The normalized spacial score (nSPS) is 13.8. The Morgan fingerprint density at radius 3 is 2.41 bits per heavy atom. The lowest BCUT2D eigenvalue weighted by atomic mass is 10.1. The lowest BCUT2D eigenvalue weighted by Gasteiger charge is -2.19. The zero-order valence-corrected chi connectivity index (χ0v) is 17.4. The smallest absolute Gasteiger partial charge is 0.242 e. The number of sulfonamides is 1. The lowest BCUT2D eigenvalue weighted by molar-refractivity contribution is -0.123. The minimum absolute atomic E-state index is 0.0377. The summed E-state index contributed by atoms with van der Waals surface area (Å²) in [5, 5.41) is 3.10. The van der Waals surface area contributed by atoms with E-state index in [0.717, 1.165) is 12.8 Å². The first-order chi connectivity index (χ1) is 12.7. The third-order valence-corrected chi connectivity index (χ3v) is 6.26. The van der Waals surface area contributed by atoms with Crippen LogP contribution in [-0.4, -0.2) is 26.4 Å². The molecule has 2 aromatic rings. The molecule has 146 valence electrons. The molecule has 0 saturated carbocycles. The van der Waals surface area contributed by atoms with Crippen LogP contribution in [0.25, 0.3) is 0 Å². The average Bonchev–Trinajstić information content (AvgIpc) is 2.62. The number of carbonyl (C=O) groups is 1. The van der Waals surface area contributed by atoms with Gasteiger partial charge in [0.05, 0.1) is 11.1 Å². The van der Waals surface area contributed by atoms with Crippen LogP contribution < -0.4 is 10.0 Å². The second-order valence-corrected chi connectivity index (χ2v) is 8.88. The predicted molar refractivity (Wildman–Crippen MR) is 109 cm³/mol. The van der Waals surface area contributed by atoms with Crippen molar-refractivity contribution in [2.75, 3.05) is 0 Å². The number of hydrogen-bond acceptors (Lipinski definition) is 3. The molecule has 0 aromatic heterocycles. The van der Waals surface area contributed by atoms with Gasteiger partial charge in [-0.3, -0.25) is 4.79 Å². The zero-order valence-electron chi connectivity index (χ0n) is 15.1. The molecule has 5 nitrogen and oxygen atoms in total. The molecule has 0 aliphatic rings. The molecule has 27 heavy (non-hydrogen) atoms. The van der Waals surface area contributed by atoms with Crippen molar-refractivity contribution in [1.82, 2.24) is 10.0 Å². The van der Waals surface area contributed by atoms with Crippen molar-refractivity contribution in [1.29, 1.82) is 0 Å². The Morgan fingerprint density at radius 2 is 1.74 bits per heavy atom. The van der Waals surface area contributed by atoms with E-state index < -0.39 is 22.0 Å². The third-order valence-electron chi connectivity index (χ3n) is 4.01. The molecule has 0 saturated heterocycles. The Bertz CT molecular complexity index is 889. The van der Waals surface area contributed by atoms with Crippen LogP contribution in [0.15, 0.2) is 53.4 Å². The SMILES string of the molecule is C[C@@H](CCc1ccccc1)NC(=O)[C@@H](C)NS(=O)(=O)c1cc(Cl)ccc1Cl. The molecule has 0 aliphatic heterocycles. The van der Waals surface area contributed by atoms with E-state index in [9.17, 15) is 13.2 Å². The van der Waals surface area contributed by atoms with E-state index in [0.29, 0.717) is 0 Å². The largest absolute Gasteiger partial charge is 0.352 e. The zero-order chi connectivity index (χ0) is 20.0. The number of hydrogen-bond donors (Lipinski definition) is 2. The summed E-state index contributed by atoms with van der Waals surface area (Å²) >= 11 is 11.8. The first kappa shape index (κ1) is 21.7. The maximum Gasteiger partial charge on any atom is 0.242 e. The number of aryl methyl sites for hydroxylation is 1. The molecule has 0 heterocycles. The van der Waals surface area contributed by atoms with Crippen LogP contribution >= 0.6 is 23.2 Å². The molecule has 0 fully saturated rings. The van der Waals surface area contributed by atoms with Crippen molar-refractivity contribution in [3.63, 3.8) is 0 Å². The average molecular weight is 429 g/mol. The number of benzene rings is 2.